The highest BCUT2D eigenvalue weighted by molar-refractivity contribution is 6.62. The summed E-state index contributed by atoms with van der Waals surface area (Å²) >= 11 is 17.8. The minimum absolute atomic E-state index is 3.77. The first-order valence-electron chi connectivity index (χ1n) is 2.01. The van der Waals surface area contributed by atoms with Crippen LogP contribution in [0.3, 0.4) is 0 Å². The number of rotatable bonds is 1. The molecule has 0 aliphatic heterocycles. The van der Waals surface area contributed by atoms with Gasteiger partial charge in [-0.15, -0.1) is 0 Å². The molecule has 0 N–H and O–H groups in total. The fraction of sp³-hybridized carbons (Fsp3) is 1.00. The Morgan fingerprint density at radius 3 is 1.00 bits per heavy atom. The van der Waals surface area contributed by atoms with Gasteiger partial charge < -0.3 is 0 Å². The topological polar surface area (TPSA) is 0 Å². The van der Waals surface area contributed by atoms with E-state index in [0.29, 0.717) is 0 Å². The van der Waals surface area contributed by atoms with Gasteiger partial charge in [0.25, 0.3) is 8.92 Å². The second kappa shape index (κ2) is 2.98. The van der Waals surface area contributed by atoms with Gasteiger partial charge in [0.05, 0.1) is 0 Å². The summed E-state index contributed by atoms with van der Waals surface area (Å²) in [6, 6.07) is 0. The molecular formula is C3Cl4F4. The van der Waals surface area contributed by atoms with E-state index in [4.69, 9.17) is 0 Å². The SMILES string of the molecule is FC(F)(F)C(Cl)(Cl)C(F)(Cl)Cl. The van der Waals surface area contributed by atoms with Crippen LogP contribution in [-0.2, 0) is 0 Å². The number of halogens is 8. The zero-order valence-corrected chi connectivity index (χ0v) is 7.55. The van der Waals surface area contributed by atoms with Gasteiger partial charge in [-0.2, -0.15) is 13.2 Å². The molecule has 0 fully saturated rings. The summed E-state index contributed by atoms with van der Waals surface area (Å²) in [5, 5.41) is 0. The van der Waals surface area contributed by atoms with Crippen LogP contribution in [0.1, 0.15) is 0 Å². The van der Waals surface area contributed by atoms with Gasteiger partial charge in [0.2, 0.25) is 0 Å². The number of alkyl halides is 8. The first kappa shape index (κ1) is 11.9. The van der Waals surface area contributed by atoms with Crippen LogP contribution in [0.4, 0.5) is 17.6 Å². The number of hydrogen-bond acceptors (Lipinski definition) is 0. The van der Waals surface area contributed by atoms with Gasteiger partial charge in [-0.05, 0) is 0 Å². The monoisotopic (exact) mass is 252 g/mol. The largest absolute Gasteiger partial charge is 0.427 e. The predicted octanol–water partition coefficient (Wildman–Crippen LogP) is 3.82. The van der Waals surface area contributed by atoms with Crippen LogP contribution in [0.25, 0.3) is 0 Å². The van der Waals surface area contributed by atoms with E-state index in [1.807, 2.05) is 0 Å². The van der Waals surface area contributed by atoms with Gasteiger partial charge in [0, 0.05) is 0 Å². The molecule has 0 unspecified atom stereocenters. The third kappa shape index (κ3) is 2.41. The average molecular weight is 254 g/mol. The van der Waals surface area contributed by atoms with Crippen molar-refractivity contribution in [1.29, 1.82) is 0 Å². The normalized spacial score (nSPS) is 15.3. The smallest absolute Gasteiger partial charge is 0.204 e. The molecule has 0 aromatic heterocycles. The standard InChI is InChI=1S/C3Cl4F4/c4-1(5,2(6,7)8)3(9,10)11. The molecule has 0 atom stereocenters. The fourth-order valence-electron chi connectivity index (χ4n) is 0.161. The van der Waals surface area contributed by atoms with Crippen LogP contribution < -0.4 is 0 Å². The van der Waals surface area contributed by atoms with Gasteiger partial charge >= 0.3 is 6.18 Å². The Bertz CT molecular complexity index is 128. The Hall–Kier alpha value is 0.880. The van der Waals surface area contributed by atoms with Crippen molar-refractivity contribution in [2.45, 2.75) is 15.1 Å². The summed E-state index contributed by atoms with van der Waals surface area (Å²) in [7, 11) is 0. The molecule has 0 rings (SSSR count). The summed E-state index contributed by atoms with van der Waals surface area (Å²) < 4.78 is 39.6. The summed E-state index contributed by atoms with van der Waals surface area (Å²) in [6.07, 6.45) is -5.23. The summed E-state index contributed by atoms with van der Waals surface area (Å²) in [4.78, 5) is 0. The van der Waals surface area contributed by atoms with Gasteiger partial charge in [-0.25, -0.2) is 4.39 Å². The van der Waals surface area contributed by atoms with Crippen molar-refractivity contribution in [3.8, 4) is 0 Å². The molecule has 0 bridgehead atoms. The maximum absolute atomic E-state index is 12.2. The Morgan fingerprint density at radius 2 is 1.00 bits per heavy atom. The Labute approximate surface area is 79.3 Å². The first-order valence-corrected chi connectivity index (χ1v) is 3.52. The average Bonchev–Trinajstić information content (AvgIpc) is 1.58. The van der Waals surface area contributed by atoms with E-state index in [0.717, 1.165) is 0 Å². The van der Waals surface area contributed by atoms with Crippen molar-refractivity contribution in [3.05, 3.63) is 0 Å². The summed E-state index contributed by atoms with van der Waals surface area (Å²) in [5.41, 5.74) is 0. The van der Waals surface area contributed by atoms with Crippen molar-refractivity contribution >= 4 is 46.4 Å². The minimum atomic E-state index is -5.23. The second-order valence-electron chi connectivity index (χ2n) is 1.57. The van der Waals surface area contributed by atoms with Gasteiger partial charge in [-0.1, -0.05) is 46.4 Å². The van der Waals surface area contributed by atoms with Crippen molar-refractivity contribution < 1.29 is 17.6 Å². The molecule has 68 valence electrons. The zero-order chi connectivity index (χ0) is 9.50. The fourth-order valence-corrected chi connectivity index (χ4v) is 0.375. The van der Waals surface area contributed by atoms with E-state index >= 15 is 0 Å². The molecule has 0 heterocycles. The third-order valence-electron chi connectivity index (χ3n) is 0.712. The molecule has 0 spiro atoms. The van der Waals surface area contributed by atoms with Crippen molar-refractivity contribution in [3.63, 3.8) is 0 Å². The van der Waals surface area contributed by atoms with Crippen LogP contribution in [0.15, 0.2) is 0 Å². The molecule has 0 aromatic rings. The van der Waals surface area contributed by atoms with Crippen LogP contribution in [0.2, 0.25) is 0 Å². The van der Waals surface area contributed by atoms with E-state index in [1.165, 1.54) is 0 Å². The highest BCUT2D eigenvalue weighted by Gasteiger charge is 2.66. The van der Waals surface area contributed by atoms with Crippen LogP contribution >= 0.6 is 46.4 Å². The summed E-state index contributed by atoms with van der Waals surface area (Å²) in [6.45, 7) is 0. The quantitative estimate of drug-likeness (QED) is 0.492. The third-order valence-corrected chi connectivity index (χ3v) is 2.62. The van der Waals surface area contributed by atoms with E-state index in [1.54, 1.807) is 0 Å². The molecule has 0 aliphatic carbocycles. The lowest BCUT2D eigenvalue weighted by Crippen LogP contribution is -2.46. The molecule has 0 saturated carbocycles. The van der Waals surface area contributed by atoms with Crippen LogP contribution in [0, 0.1) is 0 Å². The van der Waals surface area contributed by atoms with Crippen molar-refractivity contribution in [2.75, 3.05) is 0 Å². The van der Waals surface area contributed by atoms with E-state index in [-0.39, 0.29) is 0 Å². The lowest BCUT2D eigenvalue weighted by atomic mass is 10.4. The van der Waals surface area contributed by atoms with Crippen molar-refractivity contribution in [1.82, 2.24) is 0 Å². The lowest BCUT2D eigenvalue weighted by molar-refractivity contribution is -0.151. The molecule has 0 radical (unpaired) electrons. The van der Waals surface area contributed by atoms with Crippen LogP contribution in [-0.4, -0.2) is 15.1 Å². The lowest BCUT2D eigenvalue weighted by Gasteiger charge is -2.27. The number of hydrogen-bond donors (Lipinski definition) is 0. The summed E-state index contributed by atoms with van der Waals surface area (Å²) in [5.74, 6) is 0. The predicted molar refractivity (Wildman–Crippen MR) is 36.0 cm³/mol. The van der Waals surface area contributed by atoms with Crippen LogP contribution in [0.5, 0.6) is 0 Å². The first-order chi connectivity index (χ1) is 4.50. The maximum Gasteiger partial charge on any atom is 0.427 e. The van der Waals surface area contributed by atoms with E-state index < -0.39 is 15.1 Å². The van der Waals surface area contributed by atoms with E-state index in [2.05, 4.69) is 46.4 Å². The van der Waals surface area contributed by atoms with Gasteiger partial charge in [0.1, 0.15) is 0 Å². The molecule has 8 heteroatoms. The Kier molecular flexibility index (Phi) is 3.22. The zero-order valence-electron chi connectivity index (χ0n) is 4.52. The Morgan fingerprint density at radius 1 is 0.727 bits per heavy atom. The molecule has 0 saturated heterocycles. The van der Waals surface area contributed by atoms with Gasteiger partial charge in [-0.3, -0.25) is 0 Å². The molecular weight excluding hydrogens is 254 g/mol. The molecule has 0 nitrogen and oxygen atoms in total. The highest BCUT2D eigenvalue weighted by Crippen LogP contribution is 2.53. The Balaban J connectivity index is 4.75. The minimum Gasteiger partial charge on any atom is -0.204 e. The van der Waals surface area contributed by atoms with E-state index in [9.17, 15) is 17.6 Å². The highest BCUT2D eigenvalue weighted by atomic mass is 35.5. The van der Waals surface area contributed by atoms with Crippen molar-refractivity contribution in [2.24, 2.45) is 0 Å². The molecule has 0 amide bonds. The maximum atomic E-state index is 12.2. The molecule has 0 aliphatic rings. The van der Waals surface area contributed by atoms with Gasteiger partial charge in [0.15, 0.2) is 0 Å². The molecule has 11 heavy (non-hydrogen) atoms. The molecule has 0 aromatic carbocycles. The second-order valence-corrected chi connectivity index (χ2v) is 4.13.